The summed E-state index contributed by atoms with van der Waals surface area (Å²) in [6, 6.07) is 7.53. The van der Waals surface area contributed by atoms with Crippen molar-refractivity contribution in [1.82, 2.24) is 10.2 Å². The molecule has 0 spiro atoms. The van der Waals surface area contributed by atoms with E-state index in [1.54, 1.807) is 7.11 Å². The van der Waals surface area contributed by atoms with Crippen LogP contribution in [-0.2, 0) is 17.8 Å². The van der Waals surface area contributed by atoms with Crippen LogP contribution in [0.1, 0.15) is 47.3 Å². The molecule has 2 aromatic heterocycles. The number of aryl methyl sites for hydroxylation is 1. The van der Waals surface area contributed by atoms with Gasteiger partial charge in [-0.15, -0.1) is 10.2 Å². The molecular weight excluding hydrogens is 338 g/mol. The van der Waals surface area contributed by atoms with E-state index in [2.05, 4.69) is 22.4 Å². The molecule has 3 rings (SSSR count). The maximum atomic E-state index is 12.6. The molecule has 0 aliphatic carbocycles. The third-order valence-corrected chi connectivity index (χ3v) is 4.77. The Balaban J connectivity index is 1.77. The maximum absolute atomic E-state index is 12.6. The number of furan rings is 1. The number of anilines is 1. The Bertz CT molecular complexity index is 856. The van der Waals surface area contributed by atoms with Crippen molar-refractivity contribution >= 4 is 33.3 Å². The smallest absolute Gasteiger partial charge is 0.293 e. The Morgan fingerprint density at radius 3 is 2.92 bits per heavy atom. The molecule has 1 amide bonds. The number of para-hydroxylation sites is 1. The van der Waals surface area contributed by atoms with Crippen LogP contribution in [0.5, 0.6) is 0 Å². The molecule has 25 heavy (non-hydrogen) atoms. The summed E-state index contributed by atoms with van der Waals surface area (Å²) in [6.45, 7) is 2.47. The van der Waals surface area contributed by atoms with Crippen LogP contribution in [0.2, 0.25) is 0 Å². The van der Waals surface area contributed by atoms with Gasteiger partial charge in [0.25, 0.3) is 5.91 Å². The van der Waals surface area contributed by atoms with E-state index in [9.17, 15) is 4.79 Å². The average molecular weight is 359 g/mol. The number of benzene rings is 1. The van der Waals surface area contributed by atoms with E-state index in [-0.39, 0.29) is 11.7 Å². The number of amides is 1. The van der Waals surface area contributed by atoms with Gasteiger partial charge in [0.1, 0.15) is 10.6 Å². The highest BCUT2D eigenvalue weighted by molar-refractivity contribution is 7.15. The summed E-state index contributed by atoms with van der Waals surface area (Å²) < 4.78 is 11.0. The van der Waals surface area contributed by atoms with Gasteiger partial charge in [-0.1, -0.05) is 49.3 Å². The largest absolute Gasteiger partial charge is 0.451 e. The van der Waals surface area contributed by atoms with E-state index in [4.69, 9.17) is 9.15 Å². The topological polar surface area (TPSA) is 77.3 Å². The lowest BCUT2D eigenvalue weighted by Gasteiger charge is -2.01. The molecule has 0 atom stereocenters. The minimum atomic E-state index is -0.334. The lowest BCUT2D eigenvalue weighted by Crippen LogP contribution is -2.13. The van der Waals surface area contributed by atoms with Crippen LogP contribution < -0.4 is 5.32 Å². The monoisotopic (exact) mass is 359 g/mol. The third-order valence-electron chi connectivity index (χ3n) is 3.87. The van der Waals surface area contributed by atoms with Crippen molar-refractivity contribution in [2.75, 3.05) is 12.4 Å². The molecule has 0 aliphatic rings. The van der Waals surface area contributed by atoms with Gasteiger partial charge in [-0.05, 0) is 12.5 Å². The van der Waals surface area contributed by atoms with Crippen molar-refractivity contribution in [3.63, 3.8) is 0 Å². The molecule has 0 fully saturated rings. The molecule has 0 bridgehead atoms. The Morgan fingerprint density at radius 2 is 2.12 bits per heavy atom. The third kappa shape index (κ3) is 4.05. The standard InChI is InChI=1S/C18H21N3O3S/c1-3-4-5-10-15-20-21-18(25-15)19-17(22)16-13(11-23-2)12-8-6-7-9-14(12)24-16/h6-9H,3-5,10-11H2,1-2H3,(H,19,21,22). The van der Waals surface area contributed by atoms with Crippen molar-refractivity contribution in [3.05, 3.63) is 40.6 Å². The van der Waals surface area contributed by atoms with Crippen LogP contribution in [0.4, 0.5) is 5.13 Å². The molecule has 7 heteroatoms. The van der Waals surface area contributed by atoms with Gasteiger partial charge < -0.3 is 9.15 Å². The Hall–Kier alpha value is -2.25. The van der Waals surface area contributed by atoms with Crippen LogP contribution in [0.25, 0.3) is 11.0 Å². The minimum Gasteiger partial charge on any atom is -0.451 e. The van der Waals surface area contributed by atoms with Crippen LogP contribution in [0.15, 0.2) is 28.7 Å². The van der Waals surface area contributed by atoms with Crippen LogP contribution in [0, 0.1) is 0 Å². The SMILES string of the molecule is CCCCCc1nnc(NC(=O)c2oc3ccccc3c2COC)s1. The number of carbonyl (C=O) groups excluding carboxylic acids is 1. The molecule has 3 aromatic rings. The highest BCUT2D eigenvalue weighted by Crippen LogP contribution is 2.27. The van der Waals surface area contributed by atoms with Gasteiger partial charge in [0, 0.05) is 24.5 Å². The number of nitrogens with one attached hydrogen (secondary N) is 1. The van der Waals surface area contributed by atoms with Crippen molar-refractivity contribution < 1.29 is 13.9 Å². The fraction of sp³-hybridized carbons (Fsp3) is 0.389. The van der Waals surface area contributed by atoms with Gasteiger partial charge in [0.2, 0.25) is 5.13 Å². The second-order valence-electron chi connectivity index (χ2n) is 5.75. The van der Waals surface area contributed by atoms with Crippen molar-refractivity contribution in [1.29, 1.82) is 0 Å². The van der Waals surface area contributed by atoms with Gasteiger partial charge in [-0.25, -0.2) is 0 Å². The molecule has 6 nitrogen and oxygen atoms in total. The molecule has 0 saturated heterocycles. The first-order valence-corrected chi connectivity index (χ1v) is 9.17. The molecule has 0 saturated carbocycles. The predicted molar refractivity (Wildman–Crippen MR) is 98.0 cm³/mol. The number of nitrogens with zero attached hydrogens (tertiary/aromatic N) is 2. The lowest BCUT2D eigenvalue weighted by atomic mass is 10.1. The molecule has 0 radical (unpaired) electrons. The van der Waals surface area contributed by atoms with E-state index in [0.717, 1.165) is 35.2 Å². The van der Waals surface area contributed by atoms with Gasteiger partial charge >= 0.3 is 0 Å². The summed E-state index contributed by atoms with van der Waals surface area (Å²) in [5, 5.41) is 13.3. The summed E-state index contributed by atoms with van der Waals surface area (Å²) in [5.74, 6) is -0.0784. The number of carbonyl (C=O) groups is 1. The minimum absolute atomic E-state index is 0.255. The van der Waals surface area contributed by atoms with Crippen LogP contribution >= 0.6 is 11.3 Å². The van der Waals surface area contributed by atoms with E-state index >= 15 is 0 Å². The summed E-state index contributed by atoms with van der Waals surface area (Å²) in [5.41, 5.74) is 1.40. The molecule has 2 heterocycles. The van der Waals surface area contributed by atoms with Crippen molar-refractivity contribution in [3.8, 4) is 0 Å². The molecule has 1 N–H and O–H groups in total. The fourth-order valence-corrected chi connectivity index (χ4v) is 3.43. The van der Waals surface area contributed by atoms with Crippen molar-refractivity contribution in [2.45, 2.75) is 39.2 Å². The summed E-state index contributed by atoms with van der Waals surface area (Å²) in [6.07, 6.45) is 4.30. The first kappa shape index (κ1) is 17.6. The zero-order valence-corrected chi connectivity index (χ0v) is 15.2. The number of hydrogen-bond acceptors (Lipinski definition) is 6. The second-order valence-corrected chi connectivity index (χ2v) is 6.81. The number of ether oxygens (including phenoxy) is 1. The second kappa shape index (κ2) is 8.22. The van der Waals surface area contributed by atoms with Crippen molar-refractivity contribution in [2.24, 2.45) is 0 Å². The summed E-state index contributed by atoms with van der Waals surface area (Å²) in [7, 11) is 1.59. The lowest BCUT2D eigenvalue weighted by molar-refractivity contribution is 0.0992. The highest BCUT2D eigenvalue weighted by atomic mass is 32.1. The molecular formula is C18H21N3O3S. The zero-order valence-electron chi connectivity index (χ0n) is 14.4. The Kier molecular flexibility index (Phi) is 5.78. The summed E-state index contributed by atoms with van der Waals surface area (Å²) in [4.78, 5) is 12.6. The van der Waals surface area contributed by atoms with Crippen LogP contribution in [0.3, 0.4) is 0 Å². The number of unbranched alkanes of at least 4 members (excludes halogenated alkanes) is 2. The average Bonchev–Trinajstić information content (AvgIpc) is 3.20. The number of aromatic nitrogens is 2. The predicted octanol–water partition coefficient (Wildman–Crippen LogP) is 4.42. The highest BCUT2D eigenvalue weighted by Gasteiger charge is 2.21. The van der Waals surface area contributed by atoms with E-state index in [1.165, 1.54) is 17.8 Å². The van der Waals surface area contributed by atoms with Gasteiger partial charge in [0.05, 0.1) is 6.61 Å². The first-order valence-electron chi connectivity index (χ1n) is 8.36. The number of fused-ring (bicyclic) bond motifs is 1. The summed E-state index contributed by atoms with van der Waals surface area (Å²) >= 11 is 1.41. The molecule has 132 valence electrons. The van der Waals surface area contributed by atoms with Gasteiger partial charge in [0.15, 0.2) is 5.76 Å². The van der Waals surface area contributed by atoms with E-state index < -0.39 is 0 Å². The Labute approximate surface area is 150 Å². The molecule has 0 unspecified atom stereocenters. The van der Waals surface area contributed by atoms with Gasteiger partial charge in [-0.2, -0.15) is 0 Å². The maximum Gasteiger partial charge on any atom is 0.293 e. The number of hydrogen-bond donors (Lipinski definition) is 1. The first-order chi connectivity index (χ1) is 12.2. The molecule has 1 aromatic carbocycles. The quantitative estimate of drug-likeness (QED) is 0.603. The van der Waals surface area contributed by atoms with E-state index in [0.29, 0.717) is 17.3 Å². The van der Waals surface area contributed by atoms with Crippen LogP contribution in [-0.4, -0.2) is 23.2 Å². The fourth-order valence-electron chi connectivity index (χ4n) is 2.66. The molecule has 0 aliphatic heterocycles. The van der Waals surface area contributed by atoms with Gasteiger partial charge in [-0.3, -0.25) is 10.1 Å². The number of methoxy groups -OCH3 is 1. The Morgan fingerprint density at radius 1 is 1.28 bits per heavy atom. The van der Waals surface area contributed by atoms with E-state index in [1.807, 2.05) is 24.3 Å². The zero-order chi connectivity index (χ0) is 17.6. The normalized spacial score (nSPS) is 11.1. The number of rotatable bonds is 8.